The molecule has 1 aromatic heterocycles. The van der Waals surface area contributed by atoms with Crippen LogP contribution in [0, 0.1) is 6.92 Å². The van der Waals surface area contributed by atoms with Gasteiger partial charge in [0, 0.05) is 6.54 Å². The van der Waals surface area contributed by atoms with E-state index in [0.29, 0.717) is 18.3 Å². The first kappa shape index (κ1) is 15.4. The van der Waals surface area contributed by atoms with Crippen molar-refractivity contribution in [1.82, 2.24) is 14.8 Å². The monoisotopic (exact) mass is 306 g/mol. The molecule has 0 aliphatic carbocycles. The van der Waals surface area contributed by atoms with Gasteiger partial charge in [-0.15, -0.1) is 10.2 Å². The molecule has 2 N–H and O–H groups in total. The summed E-state index contributed by atoms with van der Waals surface area (Å²) in [7, 11) is 0. The molecule has 0 saturated carbocycles. The van der Waals surface area contributed by atoms with E-state index in [1.165, 1.54) is 11.8 Å². The normalized spacial score (nSPS) is 10.6. The number of nitrogens with zero attached hydrogens (tertiary/aromatic N) is 3. The fraction of sp³-hybridized carbons (Fsp3) is 0.357. The molecule has 0 spiro atoms. The number of aromatic nitrogens is 3. The third kappa shape index (κ3) is 3.98. The molecule has 0 atom stereocenters. The SMILES string of the molecule is CCn1c(COc2ccccc2C)nnc1SCC(N)=O. The summed E-state index contributed by atoms with van der Waals surface area (Å²) in [6.45, 7) is 5.03. The van der Waals surface area contributed by atoms with E-state index in [4.69, 9.17) is 10.5 Å². The van der Waals surface area contributed by atoms with E-state index in [2.05, 4.69) is 10.2 Å². The summed E-state index contributed by atoms with van der Waals surface area (Å²) in [5, 5.41) is 8.89. The number of para-hydroxylation sites is 1. The van der Waals surface area contributed by atoms with Crippen LogP contribution in [0.25, 0.3) is 0 Å². The Morgan fingerprint density at radius 1 is 1.38 bits per heavy atom. The van der Waals surface area contributed by atoms with Crippen LogP contribution in [0.3, 0.4) is 0 Å². The summed E-state index contributed by atoms with van der Waals surface area (Å²) in [6.07, 6.45) is 0. The van der Waals surface area contributed by atoms with Crippen molar-refractivity contribution in [2.24, 2.45) is 5.73 Å². The van der Waals surface area contributed by atoms with Gasteiger partial charge >= 0.3 is 0 Å². The van der Waals surface area contributed by atoms with Gasteiger partial charge in [-0.1, -0.05) is 30.0 Å². The fourth-order valence-corrected chi connectivity index (χ4v) is 2.61. The quantitative estimate of drug-likeness (QED) is 0.788. The Hall–Kier alpha value is -2.02. The highest BCUT2D eigenvalue weighted by atomic mass is 32.2. The average molecular weight is 306 g/mol. The zero-order valence-corrected chi connectivity index (χ0v) is 12.9. The molecule has 21 heavy (non-hydrogen) atoms. The van der Waals surface area contributed by atoms with Crippen LogP contribution >= 0.6 is 11.8 Å². The lowest BCUT2D eigenvalue weighted by Gasteiger charge is -2.10. The second-order valence-electron chi connectivity index (χ2n) is 4.45. The number of aryl methyl sites for hydroxylation is 1. The number of hydrogen-bond donors (Lipinski definition) is 1. The molecule has 0 bridgehead atoms. The van der Waals surface area contributed by atoms with Gasteiger partial charge in [0.15, 0.2) is 11.0 Å². The number of nitrogens with two attached hydrogens (primary N) is 1. The van der Waals surface area contributed by atoms with E-state index >= 15 is 0 Å². The first-order chi connectivity index (χ1) is 10.1. The zero-order valence-electron chi connectivity index (χ0n) is 12.1. The Kier molecular flexibility index (Phi) is 5.21. The molecular weight excluding hydrogens is 288 g/mol. The van der Waals surface area contributed by atoms with Crippen molar-refractivity contribution in [2.45, 2.75) is 32.2 Å². The Balaban J connectivity index is 2.06. The maximum atomic E-state index is 10.8. The lowest BCUT2D eigenvalue weighted by molar-refractivity contribution is -0.115. The van der Waals surface area contributed by atoms with Gasteiger partial charge < -0.3 is 15.0 Å². The van der Waals surface area contributed by atoms with Crippen LogP contribution in [-0.4, -0.2) is 26.4 Å². The van der Waals surface area contributed by atoms with E-state index in [1.54, 1.807) is 0 Å². The van der Waals surface area contributed by atoms with Crippen molar-refractivity contribution < 1.29 is 9.53 Å². The molecular formula is C14H18N4O2S. The lowest BCUT2D eigenvalue weighted by Crippen LogP contribution is -2.14. The molecule has 0 aliphatic heterocycles. The smallest absolute Gasteiger partial charge is 0.227 e. The van der Waals surface area contributed by atoms with Gasteiger partial charge in [0.1, 0.15) is 12.4 Å². The van der Waals surface area contributed by atoms with Crippen molar-refractivity contribution in [3.8, 4) is 5.75 Å². The predicted octanol–water partition coefficient (Wildman–Crippen LogP) is 1.76. The number of benzene rings is 1. The van der Waals surface area contributed by atoms with Gasteiger partial charge in [-0.2, -0.15) is 0 Å². The zero-order chi connectivity index (χ0) is 15.2. The molecule has 0 unspecified atom stereocenters. The second-order valence-corrected chi connectivity index (χ2v) is 5.39. The van der Waals surface area contributed by atoms with Gasteiger partial charge in [-0.05, 0) is 25.5 Å². The maximum absolute atomic E-state index is 10.8. The summed E-state index contributed by atoms with van der Waals surface area (Å²) in [5.41, 5.74) is 6.22. The van der Waals surface area contributed by atoms with E-state index in [-0.39, 0.29) is 11.7 Å². The van der Waals surface area contributed by atoms with E-state index < -0.39 is 0 Å². The molecule has 1 aromatic carbocycles. The Morgan fingerprint density at radius 2 is 2.14 bits per heavy atom. The molecule has 0 saturated heterocycles. The van der Waals surface area contributed by atoms with Crippen LogP contribution < -0.4 is 10.5 Å². The molecule has 112 valence electrons. The first-order valence-electron chi connectivity index (χ1n) is 6.63. The molecule has 2 aromatic rings. The average Bonchev–Trinajstić information content (AvgIpc) is 2.86. The van der Waals surface area contributed by atoms with Gasteiger partial charge in [-0.3, -0.25) is 4.79 Å². The number of carbonyl (C=O) groups excluding carboxylic acids is 1. The molecule has 0 fully saturated rings. The molecule has 0 aliphatic rings. The molecule has 1 amide bonds. The molecule has 1 heterocycles. The number of carbonyl (C=O) groups is 1. The summed E-state index contributed by atoms with van der Waals surface area (Å²) < 4.78 is 7.70. The van der Waals surface area contributed by atoms with E-state index in [1.807, 2.05) is 42.7 Å². The topological polar surface area (TPSA) is 83.0 Å². The number of amides is 1. The number of ether oxygens (including phenoxy) is 1. The van der Waals surface area contributed by atoms with E-state index in [9.17, 15) is 4.79 Å². The summed E-state index contributed by atoms with van der Waals surface area (Å²) in [5.74, 6) is 1.38. The van der Waals surface area contributed by atoms with Crippen molar-refractivity contribution in [3.63, 3.8) is 0 Å². The van der Waals surface area contributed by atoms with Gasteiger partial charge in [-0.25, -0.2) is 0 Å². The summed E-state index contributed by atoms with van der Waals surface area (Å²) in [4.78, 5) is 10.8. The number of hydrogen-bond acceptors (Lipinski definition) is 5. The van der Waals surface area contributed by atoms with E-state index in [0.717, 1.165) is 17.1 Å². The third-order valence-electron chi connectivity index (χ3n) is 2.90. The minimum atomic E-state index is -0.372. The molecule has 6 nitrogen and oxygen atoms in total. The standard InChI is InChI=1S/C14H18N4O2S/c1-3-18-13(16-17-14(18)21-9-12(15)19)8-20-11-7-5-4-6-10(11)2/h4-7H,3,8-9H2,1-2H3,(H2,15,19). The fourth-order valence-electron chi connectivity index (χ4n) is 1.85. The Labute approximate surface area is 127 Å². The van der Waals surface area contributed by atoms with Gasteiger partial charge in [0.05, 0.1) is 5.75 Å². The molecule has 7 heteroatoms. The maximum Gasteiger partial charge on any atom is 0.227 e. The van der Waals surface area contributed by atoms with Crippen LogP contribution in [0.2, 0.25) is 0 Å². The molecule has 0 radical (unpaired) electrons. The van der Waals surface area contributed by atoms with Crippen molar-refractivity contribution in [1.29, 1.82) is 0 Å². The predicted molar refractivity (Wildman–Crippen MR) is 81.1 cm³/mol. The Morgan fingerprint density at radius 3 is 2.81 bits per heavy atom. The van der Waals surface area contributed by atoms with Gasteiger partial charge in [0.25, 0.3) is 0 Å². The highest BCUT2D eigenvalue weighted by Crippen LogP contribution is 2.20. The van der Waals surface area contributed by atoms with Crippen LogP contribution in [-0.2, 0) is 17.9 Å². The van der Waals surface area contributed by atoms with Crippen molar-refractivity contribution in [2.75, 3.05) is 5.75 Å². The lowest BCUT2D eigenvalue weighted by atomic mass is 10.2. The largest absolute Gasteiger partial charge is 0.485 e. The second kappa shape index (κ2) is 7.12. The third-order valence-corrected chi connectivity index (χ3v) is 3.89. The minimum absolute atomic E-state index is 0.191. The van der Waals surface area contributed by atoms with Crippen LogP contribution in [0.4, 0.5) is 0 Å². The minimum Gasteiger partial charge on any atom is -0.485 e. The summed E-state index contributed by atoms with van der Waals surface area (Å²) >= 11 is 1.28. The molecule has 2 rings (SSSR count). The van der Waals surface area contributed by atoms with Crippen molar-refractivity contribution >= 4 is 17.7 Å². The van der Waals surface area contributed by atoms with Crippen LogP contribution in [0.1, 0.15) is 18.3 Å². The highest BCUT2D eigenvalue weighted by molar-refractivity contribution is 7.99. The number of primary amides is 1. The number of rotatable bonds is 7. The summed E-state index contributed by atoms with van der Waals surface area (Å²) in [6, 6.07) is 7.81. The van der Waals surface area contributed by atoms with Crippen LogP contribution in [0.5, 0.6) is 5.75 Å². The Bertz CT molecular complexity index is 627. The van der Waals surface area contributed by atoms with Crippen LogP contribution in [0.15, 0.2) is 29.4 Å². The van der Waals surface area contributed by atoms with Crippen molar-refractivity contribution in [3.05, 3.63) is 35.7 Å². The van der Waals surface area contributed by atoms with Gasteiger partial charge in [0.2, 0.25) is 5.91 Å². The highest BCUT2D eigenvalue weighted by Gasteiger charge is 2.13. The number of thioether (sulfide) groups is 1. The first-order valence-corrected chi connectivity index (χ1v) is 7.62.